The van der Waals surface area contributed by atoms with Crippen LogP contribution in [0.25, 0.3) is 0 Å². The van der Waals surface area contributed by atoms with Crippen molar-refractivity contribution in [2.45, 2.75) is 19.9 Å². The van der Waals surface area contributed by atoms with Gasteiger partial charge in [0.05, 0.1) is 6.26 Å². The van der Waals surface area contributed by atoms with Crippen molar-refractivity contribution in [1.29, 1.82) is 0 Å². The van der Waals surface area contributed by atoms with Gasteiger partial charge in [-0.25, -0.2) is 0 Å². The maximum absolute atomic E-state index is 12.4. The molecule has 156 valence electrons. The molecule has 1 aliphatic rings. The van der Waals surface area contributed by atoms with E-state index in [9.17, 15) is 4.79 Å². The topological polar surface area (TPSA) is 73.1 Å². The number of guanidine groups is 1. The third-order valence-corrected chi connectivity index (χ3v) is 5.22. The summed E-state index contributed by atoms with van der Waals surface area (Å²) in [6, 6.07) is 14.0. The van der Waals surface area contributed by atoms with Crippen LogP contribution >= 0.6 is 0 Å². The maximum Gasteiger partial charge on any atom is 0.289 e. The second-order valence-corrected chi connectivity index (χ2v) is 7.55. The molecule has 1 atom stereocenters. The number of anilines is 1. The van der Waals surface area contributed by atoms with Crippen LogP contribution in [-0.4, -0.2) is 67.5 Å². The Morgan fingerprint density at radius 3 is 2.34 bits per heavy atom. The van der Waals surface area contributed by atoms with Crippen molar-refractivity contribution >= 4 is 17.6 Å². The molecule has 29 heavy (non-hydrogen) atoms. The van der Waals surface area contributed by atoms with E-state index in [0.29, 0.717) is 24.8 Å². The molecule has 0 spiro atoms. The van der Waals surface area contributed by atoms with Gasteiger partial charge in [-0.1, -0.05) is 32.0 Å². The zero-order valence-electron chi connectivity index (χ0n) is 17.5. The van der Waals surface area contributed by atoms with E-state index in [1.807, 2.05) is 23.1 Å². The minimum absolute atomic E-state index is 0.0514. The van der Waals surface area contributed by atoms with Crippen molar-refractivity contribution in [1.82, 2.24) is 15.1 Å². The molecule has 1 aromatic heterocycles. The van der Waals surface area contributed by atoms with Gasteiger partial charge in [0.2, 0.25) is 0 Å². The largest absolute Gasteiger partial charge is 0.459 e. The lowest BCUT2D eigenvalue weighted by molar-refractivity contribution is 0.0657. The third kappa shape index (κ3) is 5.53. The molecule has 2 aromatic rings. The third-order valence-electron chi connectivity index (χ3n) is 5.22. The number of benzene rings is 1. The van der Waals surface area contributed by atoms with Gasteiger partial charge in [0.1, 0.15) is 0 Å². The van der Waals surface area contributed by atoms with E-state index in [2.05, 4.69) is 46.5 Å². The van der Waals surface area contributed by atoms with Gasteiger partial charge in [-0.05, 0) is 30.2 Å². The van der Waals surface area contributed by atoms with Crippen LogP contribution in [0.1, 0.15) is 24.4 Å². The summed E-state index contributed by atoms with van der Waals surface area (Å²) < 4.78 is 5.23. The van der Waals surface area contributed by atoms with Crippen molar-refractivity contribution in [2.75, 3.05) is 45.1 Å². The molecule has 2 heterocycles. The SMILES string of the molecule is CN=C(NCC(Nc1ccccc1)C(C)C)N1CCN(C(=O)c2ccco2)CC1. The van der Waals surface area contributed by atoms with E-state index >= 15 is 0 Å². The van der Waals surface area contributed by atoms with Crippen LogP contribution in [0.15, 0.2) is 58.1 Å². The predicted molar refractivity (Wildman–Crippen MR) is 116 cm³/mol. The lowest BCUT2D eigenvalue weighted by atomic mass is 10.0. The van der Waals surface area contributed by atoms with E-state index < -0.39 is 0 Å². The number of rotatable bonds is 6. The van der Waals surface area contributed by atoms with Crippen molar-refractivity contribution in [3.8, 4) is 0 Å². The molecule has 1 fully saturated rings. The number of carbonyl (C=O) groups is 1. The highest BCUT2D eigenvalue weighted by molar-refractivity contribution is 5.91. The van der Waals surface area contributed by atoms with Gasteiger partial charge < -0.3 is 24.9 Å². The fourth-order valence-corrected chi connectivity index (χ4v) is 3.41. The van der Waals surface area contributed by atoms with Gasteiger partial charge in [0.25, 0.3) is 5.91 Å². The molecule has 0 aliphatic carbocycles. The van der Waals surface area contributed by atoms with Crippen molar-refractivity contribution in [3.05, 3.63) is 54.5 Å². The number of hydrogen-bond donors (Lipinski definition) is 2. The molecule has 1 aliphatic heterocycles. The van der Waals surface area contributed by atoms with Crippen LogP contribution in [0, 0.1) is 5.92 Å². The van der Waals surface area contributed by atoms with E-state index in [1.165, 1.54) is 6.26 Å². The molecular weight excluding hydrogens is 366 g/mol. The Labute approximate surface area is 172 Å². The number of carbonyl (C=O) groups excluding carboxylic acids is 1. The van der Waals surface area contributed by atoms with E-state index in [4.69, 9.17) is 4.42 Å². The van der Waals surface area contributed by atoms with E-state index in [1.54, 1.807) is 19.2 Å². The fourth-order valence-electron chi connectivity index (χ4n) is 3.41. The number of hydrogen-bond acceptors (Lipinski definition) is 4. The molecular formula is C22H31N5O2. The van der Waals surface area contributed by atoms with Gasteiger partial charge in [0.15, 0.2) is 11.7 Å². The summed E-state index contributed by atoms with van der Waals surface area (Å²) in [6.45, 7) is 7.97. The van der Waals surface area contributed by atoms with Crippen molar-refractivity contribution in [2.24, 2.45) is 10.9 Å². The van der Waals surface area contributed by atoms with Crippen LogP contribution in [0.2, 0.25) is 0 Å². The number of piperazine rings is 1. The molecule has 7 heteroatoms. The predicted octanol–water partition coefficient (Wildman–Crippen LogP) is 2.75. The van der Waals surface area contributed by atoms with Crippen LogP contribution in [-0.2, 0) is 0 Å². The number of amides is 1. The Balaban J connectivity index is 1.51. The Morgan fingerprint density at radius 1 is 1.07 bits per heavy atom. The van der Waals surface area contributed by atoms with Crippen LogP contribution in [0.3, 0.4) is 0 Å². The number of para-hydroxylation sites is 1. The number of nitrogens with one attached hydrogen (secondary N) is 2. The first kappa shape index (κ1) is 20.8. The quantitative estimate of drug-likeness (QED) is 0.579. The first-order valence-corrected chi connectivity index (χ1v) is 10.2. The first-order valence-electron chi connectivity index (χ1n) is 10.2. The lowest BCUT2D eigenvalue weighted by Crippen LogP contribution is -2.55. The molecule has 3 rings (SSSR count). The molecule has 0 saturated carbocycles. The number of nitrogens with zero attached hydrogens (tertiary/aromatic N) is 3. The molecule has 7 nitrogen and oxygen atoms in total. The fraction of sp³-hybridized carbons (Fsp3) is 0.455. The van der Waals surface area contributed by atoms with Crippen LogP contribution in [0.5, 0.6) is 0 Å². The van der Waals surface area contributed by atoms with E-state index in [-0.39, 0.29) is 11.9 Å². The average Bonchev–Trinajstić information content (AvgIpc) is 3.29. The van der Waals surface area contributed by atoms with Gasteiger partial charge in [-0.3, -0.25) is 9.79 Å². The van der Waals surface area contributed by atoms with Crippen molar-refractivity contribution < 1.29 is 9.21 Å². The van der Waals surface area contributed by atoms with Crippen molar-refractivity contribution in [3.63, 3.8) is 0 Å². The van der Waals surface area contributed by atoms with Gasteiger partial charge in [-0.15, -0.1) is 0 Å². The maximum atomic E-state index is 12.4. The average molecular weight is 398 g/mol. The number of furan rings is 1. The molecule has 1 aromatic carbocycles. The minimum atomic E-state index is -0.0514. The second kappa shape index (κ2) is 10.0. The highest BCUT2D eigenvalue weighted by Crippen LogP contribution is 2.13. The van der Waals surface area contributed by atoms with E-state index in [0.717, 1.165) is 31.3 Å². The lowest BCUT2D eigenvalue weighted by Gasteiger charge is -2.36. The Morgan fingerprint density at radius 2 is 1.76 bits per heavy atom. The summed E-state index contributed by atoms with van der Waals surface area (Å²) in [4.78, 5) is 20.9. The van der Waals surface area contributed by atoms with Gasteiger partial charge in [-0.2, -0.15) is 0 Å². The summed E-state index contributed by atoms with van der Waals surface area (Å²) in [6.07, 6.45) is 1.53. The second-order valence-electron chi connectivity index (χ2n) is 7.55. The molecule has 1 amide bonds. The van der Waals surface area contributed by atoms with Gasteiger partial charge >= 0.3 is 0 Å². The molecule has 0 bridgehead atoms. The Hall–Kier alpha value is -2.96. The monoisotopic (exact) mass is 397 g/mol. The standard InChI is InChI=1S/C22H31N5O2/c1-17(2)19(25-18-8-5-4-6-9-18)16-24-22(23-3)27-13-11-26(12-14-27)21(28)20-10-7-15-29-20/h4-10,15,17,19,25H,11-14,16H2,1-3H3,(H,23,24). The summed E-state index contributed by atoms with van der Waals surface area (Å²) in [7, 11) is 1.80. The summed E-state index contributed by atoms with van der Waals surface area (Å²) in [5.74, 6) is 1.68. The Bertz CT molecular complexity index is 781. The Kier molecular flexibility index (Phi) is 7.16. The van der Waals surface area contributed by atoms with Gasteiger partial charge in [0, 0.05) is 51.5 Å². The molecule has 0 radical (unpaired) electrons. The number of aliphatic imine (C=N–C) groups is 1. The summed E-state index contributed by atoms with van der Waals surface area (Å²) >= 11 is 0. The highest BCUT2D eigenvalue weighted by atomic mass is 16.3. The zero-order chi connectivity index (χ0) is 20.6. The first-order chi connectivity index (χ1) is 14.1. The smallest absolute Gasteiger partial charge is 0.289 e. The summed E-state index contributed by atoms with van der Waals surface area (Å²) in [5, 5.41) is 7.10. The molecule has 1 unspecified atom stereocenters. The molecule has 2 N–H and O–H groups in total. The normalized spacial score (nSPS) is 16.1. The highest BCUT2D eigenvalue weighted by Gasteiger charge is 2.25. The van der Waals surface area contributed by atoms with Crippen LogP contribution < -0.4 is 10.6 Å². The zero-order valence-corrected chi connectivity index (χ0v) is 17.5. The summed E-state index contributed by atoms with van der Waals surface area (Å²) in [5.41, 5.74) is 1.12. The minimum Gasteiger partial charge on any atom is -0.459 e. The molecule has 1 saturated heterocycles. The van der Waals surface area contributed by atoms with Crippen LogP contribution in [0.4, 0.5) is 5.69 Å².